The highest BCUT2D eigenvalue weighted by atomic mass is 79.9. The molecular weight excluding hydrogens is 555 g/mol. The zero-order valence-electron chi connectivity index (χ0n) is 18.4. The topological polar surface area (TPSA) is 107 Å². The highest BCUT2D eigenvalue weighted by Crippen LogP contribution is 2.35. The van der Waals surface area contributed by atoms with Crippen molar-refractivity contribution in [2.75, 3.05) is 6.54 Å². The predicted octanol–water partition coefficient (Wildman–Crippen LogP) is 5.99. The van der Waals surface area contributed by atoms with Crippen LogP contribution in [-0.2, 0) is 11.4 Å². The van der Waals surface area contributed by atoms with Gasteiger partial charge in [-0.05, 0) is 65.9 Å². The standard InChI is InChI=1S/C25H16BrFN2O6S/c26-18-5-10-22(35-14-15-1-6-19(27)7-2-15)17(11-18)12-23-24(31)28(25(32)36-23)13-21(30)16-3-8-20(9-4-16)29(33)34/h1-12H,13-14H2/b23-12-. The number of nitro groups is 1. The maximum Gasteiger partial charge on any atom is 0.293 e. The maximum atomic E-state index is 13.1. The van der Waals surface area contributed by atoms with E-state index in [1.807, 2.05) is 0 Å². The summed E-state index contributed by atoms with van der Waals surface area (Å²) >= 11 is 4.07. The number of rotatable bonds is 8. The van der Waals surface area contributed by atoms with Gasteiger partial charge < -0.3 is 4.74 Å². The first kappa shape index (κ1) is 25.3. The average molecular weight is 571 g/mol. The summed E-state index contributed by atoms with van der Waals surface area (Å²) in [4.78, 5) is 49.2. The molecule has 8 nitrogen and oxygen atoms in total. The van der Waals surface area contributed by atoms with E-state index in [0.29, 0.717) is 23.1 Å². The molecule has 3 aromatic carbocycles. The van der Waals surface area contributed by atoms with E-state index in [2.05, 4.69) is 15.9 Å². The van der Waals surface area contributed by atoms with Crippen molar-refractivity contribution in [3.8, 4) is 5.75 Å². The Bertz CT molecular complexity index is 1390. The van der Waals surface area contributed by atoms with Gasteiger partial charge in [-0.2, -0.15) is 0 Å². The zero-order valence-corrected chi connectivity index (χ0v) is 20.8. The molecule has 0 aliphatic carbocycles. The largest absolute Gasteiger partial charge is 0.488 e. The van der Waals surface area contributed by atoms with Gasteiger partial charge in [0, 0.05) is 27.7 Å². The van der Waals surface area contributed by atoms with Crippen LogP contribution in [0.2, 0.25) is 0 Å². The van der Waals surface area contributed by atoms with Crippen LogP contribution >= 0.6 is 27.7 Å². The van der Waals surface area contributed by atoms with Gasteiger partial charge >= 0.3 is 0 Å². The summed E-state index contributed by atoms with van der Waals surface area (Å²) in [5.41, 5.74) is 1.24. The molecule has 0 saturated carbocycles. The number of ether oxygens (including phenoxy) is 1. The van der Waals surface area contributed by atoms with Crippen LogP contribution in [0.3, 0.4) is 0 Å². The summed E-state index contributed by atoms with van der Waals surface area (Å²) in [7, 11) is 0. The molecular formula is C25H16BrFN2O6S. The third kappa shape index (κ3) is 5.86. The molecule has 36 heavy (non-hydrogen) atoms. The minimum Gasteiger partial charge on any atom is -0.488 e. The SMILES string of the molecule is O=C(CN1C(=O)S/C(=C\c2cc(Br)ccc2OCc2ccc(F)cc2)C1=O)c1ccc([N+](=O)[O-])cc1. The monoisotopic (exact) mass is 570 g/mol. The molecule has 11 heteroatoms. The summed E-state index contributed by atoms with van der Waals surface area (Å²) in [6.07, 6.45) is 1.51. The molecule has 182 valence electrons. The Hall–Kier alpha value is -3.83. The molecule has 4 rings (SSSR count). The van der Waals surface area contributed by atoms with Crippen molar-refractivity contribution >= 4 is 56.4 Å². The Labute approximate surface area is 217 Å². The number of halogens is 2. The van der Waals surface area contributed by atoms with E-state index >= 15 is 0 Å². The van der Waals surface area contributed by atoms with Gasteiger partial charge in [-0.15, -0.1) is 0 Å². The summed E-state index contributed by atoms with van der Waals surface area (Å²) in [6.45, 7) is -0.333. The van der Waals surface area contributed by atoms with Crippen LogP contribution in [0, 0.1) is 15.9 Å². The van der Waals surface area contributed by atoms with Gasteiger partial charge in [0.25, 0.3) is 16.8 Å². The normalized spacial score (nSPS) is 14.4. The lowest BCUT2D eigenvalue weighted by Gasteiger charge is -2.12. The molecule has 1 aliphatic rings. The molecule has 1 fully saturated rings. The number of thioether (sulfide) groups is 1. The molecule has 1 heterocycles. The number of imide groups is 1. The van der Waals surface area contributed by atoms with Crippen molar-refractivity contribution in [1.29, 1.82) is 0 Å². The van der Waals surface area contributed by atoms with E-state index in [1.165, 1.54) is 42.5 Å². The van der Waals surface area contributed by atoms with Crippen molar-refractivity contribution in [3.63, 3.8) is 0 Å². The molecule has 0 spiro atoms. The number of nitro benzene ring substituents is 1. The number of benzene rings is 3. The van der Waals surface area contributed by atoms with E-state index in [0.717, 1.165) is 14.9 Å². The Balaban J connectivity index is 1.50. The van der Waals surface area contributed by atoms with Crippen molar-refractivity contribution < 1.29 is 28.4 Å². The Morgan fingerprint density at radius 2 is 1.78 bits per heavy atom. The molecule has 0 atom stereocenters. The number of Topliss-reactive ketones (excluding diaryl/α,β-unsaturated/α-hetero) is 1. The lowest BCUT2D eigenvalue weighted by molar-refractivity contribution is -0.384. The van der Waals surface area contributed by atoms with Gasteiger partial charge in [0.05, 0.1) is 16.4 Å². The molecule has 0 N–H and O–H groups in total. The lowest BCUT2D eigenvalue weighted by Crippen LogP contribution is -2.33. The molecule has 3 aromatic rings. The first-order valence-corrected chi connectivity index (χ1v) is 12.0. The third-order valence-electron chi connectivity index (χ3n) is 5.14. The van der Waals surface area contributed by atoms with Crippen molar-refractivity contribution in [3.05, 3.63) is 109 Å². The second kappa shape index (κ2) is 10.8. The van der Waals surface area contributed by atoms with E-state index in [9.17, 15) is 28.9 Å². The smallest absolute Gasteiger partial charge is 0.293 e. The minimum atomic E-state index is -0.635. The van der Waals surface area contributed by atoms with Crippen LogP contribution in [0.4, 0.5) is 14.9 Å². The van der Waals surface area contributed by atoms with Crippen LogP contribution in [0.15, 0.2) is 76.1 Å². The highest BCUT2D eigenvalue weighted by molar-refractivity contribution is 9.10. The van der Waals surface area contributed by atoms with Crippen molar-refractivity contribution in [2.24, 2.45) is 0 Å². The minimum absolute atomic E-state index is 0.112. The van der Waals surface area contributed by atoms with Crippen LogP contribution in [0.5, 0.6) is 5.75 Å². The van der Waals surface area contributed by atoms with Gasteiger partial charge in [0.1, 0.15) is 18.2 Å². The summed E-state index contributed by atoms with van der Waals surface area (Å²) in [5.74, 6) is -1.08. The highest BCUT2D eigenvalue weighted by Gasteiger charge is 2.36. The van der Waals surface area contributed by atoms with Gasteiger partial charge in [-0.3, -0.25) is 29.4 Å². The number of hydrogen-bond donors (Lipinski definition) is 0. The quantitative estimate of drug-likeness (QED) is 0.141. The van der Waals surface area contributed by atoms with E-state index in [1.54, 1.807) is 30.3 Å². The maximum absolute atomic E-state index is 13.1. The number of carbonyl (C=O) groups excluding carboxylic acids is 3. The molecule has 0 unspecified atom stereocenters. The first-order chi connectivity index (χ1) is 17.2. The predicted molar refractivity (Wildman–Crippen MR) is 135 cm³/mol. The lowest BCUT2D eigenvalue weighted by atomic mass is 10.1. The average Bonchev–Trinajstić information content (AvgIpc) is 3.12. The number of hydrogen-bond acceptors (Lipinski definition) is 7. The molecule has 0 bridgehead atoms. The number of non-ortho nitro benzene ring substituents is 1. The van der Waals surface area contributed by atoms with Crippen LogP contribution < -0.4 is 4.74 Å². The van der Waals surface area contributed by atoms with Gasteiger partial charge in [0.15, 0.2) is 5.78 Å². The molecule has 1 saturated heterocycles. The number of nitrogens with zero attached hydrogens (tertiary/aromatic N) is 2. The zero-order chi connectivity index (χ0) is 25.8. The molecule has 2 amide bonds. The summed E-state index contributed by atoms with van der Waals surface area (Å²) < 4.78 is 19.7. The van der Waals surface area contributed by atoms with Gasteiger partial charge in [0.2, 0.25) is 0 Å². The first-order valence-electron chi connectivity index (χ1n) is 10.4. The fourth-order valence-electron chi connectivity index (χ4n) is 3.29. The summed E-state index contributed by atoms with van der Waals surface area (Å²) in [6, 6.07) is 15.9. The third-order valence-corrected chi connectivity index (χ3v) is 6.54. The summed E-state index contributed by atoms with van der Waals surface area (Å²) in [5, 5.41) is 10.2. The van der Waals surface area contributed by atoms with Crippen LogP contribution in [0.1, 0.15) is 21.5 Å². The molecule has 1 aliphatic heterocycles. The second-order valence-corrected chi connectivity index (χ2v) is 9.50. The molecule has 0 radical (unpaired) electrons. The van der Waals surface area contributed by atoms with Gasteiger partial charge in [-0.25, -0.2) is 4.39 Å². The number of carbonyl (C=O) groups is 3. The Morgan fingerprint density at radius 3 is 2.44 bits per heavy atom. The van der Waals surface area contributed by atoms with E-state index < -0.39 is 28.4 Å². The van der Waals surface area contributed by atoms with Crippen molar-refractivity contribution in [2.45, 2.75) is 6.61 Å². The Kier molecular flexibility index (Phi) is 7.61. The van der Waals surface area contributed by atoms with Crippen molar-refractivity contribution in [1.82, 2.24) is 4.90 Å². The van der Waals surface area contributed by atoms with Gasteiger partial charge in [-0.1, -0.05) is 28.1 Å². The van der Waals surface area contributed by atoms with Crippen LogP contribution in [-0.4, -0.2) is 33.3 Å². The van der Waals surface area contributed by atoms with E-state index in [-0.39, 0.29) is 28.6 Å². The fourth-order valence-corrected chi connectivity index (χ4v) is 4.49. The van der Waals surface area contributed by atoms with E-state index in [4.69, 9.17) is 4.74 Å². The number of ketones is 1. The second-order valence-electron chi connectivity index (χ2n) is 7.59. The van der Waals surface area contributed by atoms with Crippen LogP contribution in [0.25, 0.3) is 6.08 Å². The number of amides is 2. The molecule has 0 aromatic heterocycles. The fraction of sp³-hybridized carbons (Fsp3) is 0.0800. The Morgan fingerprint density at radius 1 is 1.08 bits per heavy atom.